The van der Waals surface area contributed by atoms with Gasteiger partial charge in [-0.25, -0.2) is 13.2 Å². The largest absolute Gasteiger partial charge is 0.480 e. The van der Waals surface area contributed by atoms with Crippen LogP contribution in [0.5, 0.6) is 0 Å². The highest BCUT2D eigenvalue weighted by Gasteiger charge is 2.24. The number of carboxylic acid groups (broad SMARTS) is 1. The highest BCUT2D eigenvalue weighted by Crippen LogP contribution is 2.12. The summed E-state index contributed by atoms with van der Waals surface area (Å²) in [6.07, 6.45) is -0.176. The van der Waals surface area contributed by atoms with Crippen LogP contribution < -0.4 is 5.32 Å². The zero-order valence-electron chi connectivity index (χ0n) is 11.9. The first-order chi connectivity index (χ1) is 9.74. The fraction of sp³-hybridized carbons (Fsp3) is 0.429. The van der Waals surface area contributed by atoms with Crippen LogP contribution in [-0.2, 0) is 19.4 Å². The second kappa shape index (κ2) is 7.21. The molecule has 0 saturated heterocycles. The monoisotopic (exact) mass is 313 g/mol. The van der Waals surface area contributed by atoms with Crippen molar-refractivity contribution in [2.24, 2.45) is 5.92 Å². The summed E-state index contributed by atoms with van der Waals surface area (Å²) in [5, 5.41) is 11.4. The van der Waals surface area contributed by atoms with Crippen LogP contribution in [0.15, 0.2) is 35.2 Å². The molecule has 1 atom stereocenters. The maximum absolute atomic E-state index is 12.1. The molecule has 0 unspecified atom stereocenters. The van der Waals surface area contributed by atoms with Gasteiger partial charge in [0.15, 0.2) is 9.84 Å². The number of nitrogens with one attached hydrogen (secondary N) is 1. The van der Waals surface area contributed by atoms with Crippen molar-refractivity contribution in [2.45, 2.75) is 31.2 Å². The van der Waals surface area contributed by atoms with Crippen LogP contribution >= 0.6 is 0 Å². The van der Waals surface area contributed by atoms with Gasteiger partial charge in [0.2, 0.25) is 5.91 Å². The Labute approximate surface area is 124 Å². The van der Waals surface area contributed by atoms with Crippen molar-refractivity contribution in [3.8, 4) is 0 Å². The van der Waals surface area contributed by atoms with Crippen molar-refractivity contribution in [3.63, 3.8) is 0 Å². The average Bonchev–Trinajstić information content (AvgIpc) is 2.43. The van der Waals surface area contributed by atoms with Gasteiger partial charge in [-0.3, -0.25) is 4.79 Å². The molecule has 21 heavy (non-hydrogen) atoms. The highest BCUT2D eigenvalue weighted by atomic mass is 32.2. The first-order valence-electron chi connectivity index (χ1n) is 6.55. The Bertz CT molecular complexity index is 595. The number of hydrogen-bond acceptors (Lipinski definition) is 4. The highest BCUT2D eigenvalue weighted by molar-refractivity contribution is 7.91. The van der Waals surface area contributed by atoms with Crippen molar-refractivity contribution in [2.75, 3.05) is 5.75 Å². The predicted molar refractivity (Wildman–Crippen MR) is 77.5 cm³/mol. The number of aliphatic carboxylic acids is 1. The van der Waals surface area contributed by atoms with E-state index >= 15 is 0 Å². The second-order valence-electron chi connectivity index (χ2n) is 4.97. The molecular formula is C14H19NO5S. The Kier molecular flexibility index (Phi) is 5.90. The molecule has 1 amide bonds. The molecule has 0 aliphatic rings. The Morgan fingerprint density at radius 3 is 2.24 bits per heavy atom. The number of rotatable bonds is 7. The van der Waals surface area contributed by atoms with Crippen molar-refractivity contribution in [1.82, 2.24) is 5.32 Å². The summed E-state index contributed by atoms with van der Waals surface area (Å²) < 4.78 is 24.1. The fourth-order valence-corrected chi connectivity index (χ4v) is 2.97. The van der Waals surface area contributed by atoms with Crippen LogP contribution in [0.4, 0.5) is 0 Å². The Balaban J connectivity index is 2.74. The SMILES string of the molecule is CC(C)C(=O)N[C@@H](CCS(=O)(=O)c1ccccc1)C(=O)O. The lowest BCUT2D eigenvalue weighted by Gasteiger charge is -2.16. The minimum atomic E-state index is -3.56. The molecule has 0 radical (unpaired) electrons. The Hall–Kier alpha value is -1.89. The molecule has 116 valence electrons. The summed E-state index contributed by atoms with van der Waals surface area (Å²) in [5.41, 5.74) is 0. The maximum Gasteiger partial charge on any atom is 0.326 e. The standard InChI is InChI=1S/C14H19NO5S/c1-10(2)13(16)15-12(14(17)18)8-9-21(19,20)11-6-4-3-5-7-11/h3-7,10,12H,8-9H2,1-2H3,(H,15,16)(H,17,18)/t12-/m0/s1. The Morgan fingerprint density at radius 2 is 1.76 bits per heavy atom. The van der Waals surface area contributed by atoms with Crippen molar-refractivity contribution < 1.29 is 23.1 Å². The molecule has 1 aromatic carbocycles. The van der Waals surface area contributed by atoms with E-state index in [2.05, 4.69) is 5.32 Å². The van der Waals surface area contributed by atoms with Gasteiger partial charge < -0.3 is 10.4 Å². The van der Waals surface area contributed by atoms with Gasteiger partial charge in [0, 0.05) is 5.92 Å². The van der Waals surface area contributed by atoms with Crippen molar-refractivity contribution in [3.05, 3.63) is 30.3 Å². The van der Waals surface area contributed by atoms with Gasteiger partial charge in [-0.1, -0.05) is 32.0 Å². The van der Waals surface area contributed by atoms with E-state index < -0.39 is 27.8 Å². The van der Waals surface area contributed by atoms with E-state index in [4.69, 9.17) is 5.11 Å². The van der Waals surface area contributed by atoms with E-state index in [0.717, 1.165) is 0 Å². The number of carbonyl (C=O) groups is 2. The summed E-state index contributed by atoms with van der Waals surface area (Å²) in [5.74, 6) is -2.36. The quantitative estimate of drug-likeness (QED) is 0.784. The smallest absolute Gasteiger partial charge is 0.326 e. The van der Waals surface area contributed by atoms with Gasteiger partial charge in [-0.15, -0.1) is 0 Å². The molecule has 1 rings (SSSR count). The predicted octanol–water partition coefficient (Wildman–Crippen LogP) is 1.08. The van der Waals surface area contributed by atoms with Gasteiger partial charge in [-0.2, -0.15) is 0 Å². The average molecular weight is 313 g/mol. The molecule has 1 aromatic rings. The molecule has 0 fully saturated rings. The molecule has 7 heteroatoms. The lowest BCUT2D eigenvalue weighted by molar-refractivity contribution is -0.142. The first-order valence-corrected chi connectivity index (χ1v) is 8.20. The molecule has 0 aliphatic carbocycles. The van der Waals surface area contributed by atoms with Crippen LogP contribution in [0, 0.1) is 5.92 Å². The molecule has 0 spiro atoms. The number of sulfone groups is 1. The summed E-state index contributed by atoms with van der Waals surface area (Å²) in [4.78, 5) is 22.8. The summed E-state index contributed by atoms with van der Waals surface area (Å²) in [7, 11) is -3.56. The fourth-order valence-electron chi connectivity index (χ4n) is 1.61. The van der Waals surface area contributed by atoms with Crippen molar-refractivity contribution in [1.29, 1.82) is 0 Å². The number of carbonyl (C=O) groups excluding carboxylic acids is 1. The van der Waals surface area contributed by atoms with Crippen LogP contribution in [-0.4, -0.2) is 37.2 Å². The van der Waals surface area contributed by atoms with Crippen LogP contribution in [0.25, 0.3) is 0 Å². The molecule has 2 N–H and O–H groups in total. The third-order valence-corrected chi connectivity index (χ3v) is 4.68. The molecule has 0 heterocycles. The van der Waals surface area contributed by atoms with Gasteiger partial charge in [0.05, 0.1) is 10.6 Å². The van der Waals surface area contributed by atoms with Gasteiger partial charge in [0.25, 0.3) is 0 Å². The number of benzene rings is 1. The van der Waals surface area contributed by atoms with Crippen LogP contribution in [0.1, 0.15) is 20.3 Å². The van der Waals surface area contributed by atoms with E-state index in [-0.39, 0.29) is 23.0 Å². The van der Waals surface area contributed by atoms with E-state index in [1.165, 1.54) is 12.1 Å². The maximum atomic E-state index is 12.1. The molecule has 0 saturated carbocycles. The molecule has 0 aliphatic heterocycles. The minimum absolute atomic E-state index is 0.143. The summed E-state index contributed by atoms with van der Waals surface area (Å²) in [6.45, 7) is 3.27. The second-order valence-corrected chi connectivity index (χ2v) is 7.08. The van der Waals surface area contributed by atoms with Gasteiger partial charge in [-0.05, 0) is 18.6 Å². The molecule has 0 aromatic heterocycles. The topological polar surface area (TPSA) is 101 Å². The lowest BCUT2D eigenvalue weighted by Crippen LogP contribution is -2.43. The molecule has 0 bridgehead atoms. The van der Waals surface area contributed by atoms with E-state index in [1.807, 2.05) is 0 Å². The minimum Gasteiger partial charge on any atom is -0.480 e. The number of carboxylic acids is 1. The summed E-state index contributed by atoms with van der Waals surface area (Å²) in [6, 6.07) is 6.60. The zero-order chi connectivity index (χ0) is 16.0. The zero-order valence-corrected chi connectivity index (χ0v) is 12.8. The van der Waals surface area contributed by atoms with Gasteiger partial charge >= 0.3 is 5.97 Å². The van der Waals surface area contributed by atoms with E-state index in [0.29, 0.717) is 0 Å². The third kappa shape index (κ3) is 5.18. The van der Waals surface area contributed by atoms with E-state index in [9.17, 15) is 18.0 Å². The lowest BCUT2D eigenvalue weighted by atomic mass is 10.1. The first kappa shape index (κ1) is 17.2. The number of amides is 1. The van der Waals surface area contributed by atoms with E-state index in [1.54, 1.807) is 32.0 Å². The van der Waals surface area contributed by atoms with Gasteiger partial charge in [0.1, 0.15) is 6.04 Å². The normalized spacial score (nSPS) is 12.9. The molecular weight excluding hydrogens is 294 g/mol. The van der Waals surface area contributed by atoms with Crippen molar-refractivity contribution >= 4 is 21.7 Å². The third-order valence-electron chi connectivity index (χ3n) is 2.92. The number of hydrogen-bond donors (Lipinski definition) is 2. The Morgan fingerprint density at radius 1 is 1.19 bits per heavy atom. The molecule has 6 nitrogen and oxygen atoms in total. The van der Waals surface area contributed by atoms with Crippen LogP contribution in [0.3, 0.4) is 0 Å². The summed E-state index contributed by atoms with van der Waals surface area (Å²) >= 11 is 0. The van der Waals surface area contributed by atoms with Crippen LogP contribution in [0.2, 0.25) is 0 Å².